The van der Waals surface area contributed by atoms with Crippen LogP contribution in [0.15, 0.2) is 6.07 Å². The van der Waals surface area contributed by atoms with Gasteiger partial charge in [0.25, 0.3) is 5.91 Å². The number of aryl methyl sites for hydroxylation is 2. The van der Waals surface area contributed by atoms with E-state index in [0.29, 0.717) is 16.1 Å². The molecule has 2 heterocycles. The molecule has 1 aliphatic carbocycles. The molecular weight excluding hydrogens is 362 g/mol. The lowest BCUT2D eigenvalue weighted by molar-refractivity contribution is -0.119. The smallest absolute Gasteiger partial charge is 0.340 e. The molecule has 1 amide bonds. The molecule has 1 N–H and O–H groups in total. The van der Waals surface area contributed by atoms with E-state index >= 15 is 0 Å². The number of rotatable bonds is 5. The summed E-state index contributed by atoms with van der Waals surface area (Å²) in [5, 5.41) is 12.7. The molecule has 0 fully saturated rings. The predicted molar refractivity (Wildman–Crippen MR) is 104 cm³/mol. The van der Waals surface area contributed by atoms with Crippen LogP contribution in [0.3, 0.4) is 0 Å². The lowest BCUT2D eigenvalue weighted by Gasteiger charge is -2.09. The van der Waals surface area contributed by atoms with Gasteiger partial charge in [0.1, 0.15) is 11.1 Å². The molecule has 27 heavy (non-hydrogen) atoms. The Bertz CT molecular complexity index is 933. The fraction of sp³-hybridized carbons (Fsp3) is 0.450. The Morgan fingerprint density at radius 3 is 2.74 bits per heavy atom. The number of nitrogens with one attached hydrogen (secondary N) is 1. The van der Waals surface area contributed by atoms with Gasteiger partial charge in [-0.15, -0.1) is 11.3 Å². The molecule has 142 valence electrons. The molecule has 3 rings (SSSR count). The highest BCUT2D eigenvalue weighted by atomic mass is 32.1. The highest BCUT2D eigenvalue weighted by Gasteiger charge is 2.22. The summed E-state index contributed by atoms with van der Waals surface area (Å²) in [6.07, 6.45) is 4.01. The van der Waals surface area contributed by atoms with Gasteiger partial charge >= 0.3 is 5.97 Å². The Morgan fingerprint density at radius 1 is 1.33 bits per heavy atom. The standard InChI is InChI=1S/C20H23N3O3S/c1-4-23-12(2)9-15(13(23)3)20(25)26-11-18(24)22-19-16(10-21)14-7-5-6-8-17(14)27-19/h9H,4-8,11H2,1-3H3,(H,22,24). The number of amides is 1. The molecular formula is C20H23N3O3S. The number of carbonyl (C=O) groups is 2. The van der Waals surface area contributed by atoms with Gasteiger partial charge in [0.2, 0.25) is 0 Å². The van der Waals surface area contributed by atoms with Crippen molar-refractivity contribution in [2.75, 3.05) is 11.9 Å². The number of nitrogens with zero attached hydrogens (tertiary/aromatic N) is 2. The average Bonchev–Trinajstić information content (AvgIpc) is 3.15. The van der Waals surface area contributed by atoms with Crippen molar-refractivity contribution in [1.29, 1.82) is 5.26 Å². The third kappa shape index (κ3) is 3.76. The molecule has 0 aliphatic heterocycles. The molecule has 6 nitrogen and oxygen atoms in total. The fourth-order valence-electron chi connectivity index (χ4n) is 3.64. The van der Waals surface area contributed by atoms with Crippen LogP contribution in [-0.4, -0.2) is 23.1 Å². The minimum absolute atomic E-state index is 0.373. The monoisotopic (exact) mass is 385 g/mol. The second-order valence-electron chi connectivity index (χ2n) is 6.68. The van der Waals surface area contributed by atoms with E-state index in [4.69, 9.17) is 4.74 Å². The molecule has 1 aliphatic rings. The highest BCUT2D eigenvalue weighted by molar-refractivity contribution is 7.16. The first-order chi connectivity index (χ1) is 13.0. The van der Waals surface area contributed by atoms with E-state index < -0.39 is 11.9 Å². The van der Waals surface area contributed by atoms with Gasteiger partial charge in [-0.05, 0) is 58.1 Å². The molecule has 7 heteroatoms. The molecule has 0 saturated heterocycles. The number of nitriles is 1. The maximum absolute atomic E-state index is 12.3. The van der Waals surface area contributed by atoms with E-state index in [1.165, 1.54) is 16.2 Å². The van der Waals surface area contributed by atoms with Gasteiger partial charge in [0, 0.05) is 22.8 Å². The van der Waals surface area contributed by atoms with Crippen molar-refractivity contribution in [1.82, 2.24) is 4.57 Å². The van der Waals surface area contributed by atoms with Crippen molar-refractivity contribution in [3.63, 3.8) is 0 Å². The molecule has 2 aromatic heterocycles. The van der Waals surface area contributed by atoms with Gasteiger partial charge in [-0.3, -0.25) is 4.79 Å². The van der Waals surface area contributed by atoms with Crippen molar-refractivity contribution in [2.45, 2.75) is 53.0 Å². The number of esters is 1. The van der Waals surface area contributed by atoms with Crippen molar-refractivity contribution >= 4 is 28.2 Å². The predicted octanol–water partition coefficient (Wildman–Crippen LogP) is 3.73. The number of thiophene rings is 1. The minimum atomic E-state index is -0.510. The maximum Gasteiger partial charge on any atom is 0.340 e. The van der Waals surface area contributed by atoms with Gasteiger partial charge in [-0.25, -0.2) is 4.79 Å². The molecule has 0 radical (unpaired) electrons. The second kappa shape index (κ2) is 7.97. The number of ether oxygens (including phenoxy) is 1. The Labute approximate surface area is 162 Å². The van der Waals surface area contributed by atoms with Crippen LogP contribution in [0.4, 0.5) is 5.00 Å². The molecule has 0 aromatic carbocycles. The first kappa shape index (κ1) is 19.2. The van der Waals surface area contributed by atoms with Gasteiger partial charge in [0.15, 0.2) is 6.61 Å². The molecule has 0 bridgehead atoms. The van der Waals surface area contributed by atoms with E-state index in [1.807, 2.05) is 25.3 Å². The van der Waals surface area contributed by atoms with Crippen LogP contribution in [-0.2, 0) is 28.9 Å². The van der Waals surface area contributed by atoms with Crippen molar-refractivity contribution in [3.05, 3.63) is 39.0 Å². The molecule has 0 spiro atoms. The maximum atomic E-state index is 12.3. The zero-order valence-corrected chi connectivity index (χ0v) is 16.7. The van der Waals surface area contributed by atoms with E-state index in [-0.39, 0.29) is 6.61 Å². The zero-order valence-electron chi connectivity index (χ0n) is 15.8. The van der Waals surface area contributed by atoms with Crippen molar-refractivity contribution in [2.24, 2.45) is 0 Å². The zero-order chi connectivity index (χ0) is 19.6. The van der Waals surface area contributed by atoms with E-state index in [1.54, 1.807) is 6.07 Å². The van der Waals surface area contributed by atoms with Gasteiger partial charge < -0.3 is 14.6 Å². The number of fused-ring (bicyclic) bond motifs is 1. The van der Waals surface area contributed by atoms with Crippen molar-refractivity contribution in [3.8, 4) is 6.07 Å². The van der Waals surface area contributed by atoms with E-state index in [9.17, 15) is 14.9 Å². The lowest BCUT2D eigenvalue weighted by atomic mass is 9.96. The first-order valence-electron chi connectivity index (χ1n) is 9.14. The summed E-state index contributed by atoms with van der Waals surface area (Å²) in [7, 11) is 0. The SMILES string of the molecule is CCn1c(C)cc(C(=O)OCC(=O)Nc2sc3c(c2C#N)CCCC3)c1C. The summed E-state index contributed by atoms with van der Waals surface area (Å²) in [5.74, 6) is -0.938. The molecule has 2 aromatic rings. The molecule has 0 saturated carbocycles. The summed E-state index contributed by atoms with van der Waals surface area (Å²) in [6, 6.07) is 3.99. The van der Waals surface area contributed by atoms with E-state index in [0.717, 1.165) is 49.2 Å². The number of hydrogen-bond acceptors (Lipinski definition) is 5. The highest BCUT2D eigenvalue weighted by Crippen LogP contribution is 2.37. The minimum Gasteiger partial charge on any atom is -0.452 e. The second-order valence-corrected chi connectivity index (χ2v) is 7.79. The van der Waals surface area contributed by atoms with Crippen molar-refractivity contribution < 1.29 is 14.3 Å². The Kier molecular flexibility index (Phi) is 5.66. The van der Waals surface area contributed by atoms with Gasteiger partial charge in [-0.1, -0.05) is 0 Å². The number of anilines is 1. The Balaban J connectivity index is 1.65. The number of aromatic nitrogens is 1. The Morgan fingerprint density at radius 2 is 2.07 bits per heavy atom. The third-order valence-corrected chi connectivity index (χ3v) is 6.19. The van der Waals surface area contributed by atoms with Crippen LogP contribution in [0.5, 0.6) is 0 Å². The van der Waals surface area contributed by atoms with Gasteiger partial charge in [-0.2, -0.15) is 5.26 Å². The third-order valence-electron chi connectivity index (χ3n) is 4.98. The Hall–Kier alpha value is -2.59. The number of hydrogen-bond donors (Lipinski definition) is 1. The molecule has 0 unspecified atom stereocenters. The fourth-order valence-corrected chi connectivity index (χ4v) is 4.89. The van der Waals surface area contributed by atoms with Crippen LogP contribution in [0, 0.1) is 25.2 Å². The number of carbonyl (C=O) groups excluding carboxylic acids is 2. The summed E-state index contributed by atoms with van der Waals surface area (Å²) in [4.78, 5) is 25.7. The normalized spacial score (nSPS) is 13.0. The summed E-state index contributed by atoms with van der Waals surface area (Å²) in [6.45, 7) is 6.20. The van der Waals surface area contributed by atoms with Crippen LogP contribution in [0.1, 0.15) is 57.5 Å². The van der Waals surface area contributed by atoms with Crippen LogP contribution in [0.2, 0.25) is 0 Å². The van der Waals surface area contributed by atoms with Crippen LogP contribution >= 0.6 is 11.3 Å². The lowest BCUT2D eigenvalue weighted by Crippen LogP contribution is -2.21. The summed E-state index contributed by atoms with van der Waals surface area (Å²) in [5.41, 5.74) is 3.91. The average molecular weight is 385 g/mol. The molecule has 0 atom stereocenters. The summed E-state index contributed by atoms with van der Waals surface area (Å²) < 4.78 is 7.21. The first-order valence-corrected chi connectivity index (χ1v) is 9.96. The van der Waals surface area contributed by atoms with Crippen LogP contribution in [0.25, 0.3) is 0 Å². The van der Waals surface area contributed by atoms with Gasteiger partial charge in [0.05, 0.1) is 11.1 Å². The topological polar surface area (TPSA) is 84.1 Å². The quantitative estimate of drug-likeness (QED) is 0.795. The van der Waals surface area contributed by atoms with E-state index in [2.05, 4.69) is 11.4 Å². The summed E-state index contributed by atoms with van der Waals surface area (Å²) >= 11 is 1.46. The van der Waals surface area contributed by atoms with Crippen LogP contribution < -0.4 is 5.32 Å². The largest absolute Gasteiger partial charge is 0.452 e.